The smallest absolute Gasteiger partial charge is 0.223 e. The van der Waals surface area contributed by atoms with Gasteiger partial charge in [0, 0.05) is 17.0 Å². The van der Waals surface area contributed by atoms with Crippen molar-refractivity contribution in [3.8, 4) is 16.3 Å². The normalized spacial score (nSPS) is 24.9. The van der Waals surface area contributed by atoms with Crippen molar-refractivity contribution in [3.05, 3.63) is 35.3 Å². The molecule has 1 aromatic carbocycles. The van der Waals surface area contributed by atoms with Crippen LogP contribution in [0.2, 0.25) is 0 Å². The highest BCUT2D eigenvalue weighted by Gasteiger charge is 2.42. The van der Waals surface area contributed by atoms with E-state index < -0.39 is 0 Å². The van der Waals surface area contributed by atoms with Crippen molar-refractivity contribution in [2.75, 3.05) is 7.11 Å². The molecule has 1 heterocycles. The number of nitrogens with zero attached hydrogens (tertiary/aromatic N) is 1. The molecule has 0 unspecified atom stereocenters. The van der Waals surface area contributed by atoms with Crippen LogP contribution in [0.3, 0.4) is 0 Å². The van der Waals surface area contributed by atoms with Gasteiger partial charge in [0.15, 0.2) is 0 Å². The molecule has 0 bridgehead atoms. The number of fused-ring (bicyclic) bond motifs is 1. The summed E-state index contributed by atoms with van der Waals surface area (Å²) in [6.07, 6.45) is 8.03. The van der Waals surface area contributed by atoms with E-state index in [1.165, 1.54) is 25.7 Å². The monoisotopic (exact) mass is 356 g/mol. The first-order valence-corrected chi connectivity index (χ1v) is 9.93. The molecule has 1 N–H and O–H groups in total. The molecule has 2 aliphatic rings. The van der Waals surface area contributed by atoms with E-state index in [2.05, 4.69) is 10.3 Å². The molecule has 0 spiro atoms. The third-order valence-electron chi connectivity index (χ3n) is 5.75. The van der Waals surface area contributed by atoms with Gasteiger partial charge in [0.25, 0.3) is 0 Å². The first-order valence-electron chi connectivity index (χ1n) is 9.12. The van der Waals surface area contributed by atoms with Gasteiger partial charge in [0.05, 0.1) is 19.2 Å². The summed E-state index contributed by atoms with van der Waals surface area (Å²) in [5.41, 5.74) is 0.997. The maximum atomic E-state index is 12.6. The third-order valence-corrected chi connectivity index (χ3v) is 6.78. The standard InChI is InChI=1S/C20H24N2O2S/c1-24-18-8-3-2-6-17(18)20-22-12-14(25-20)11-21-19(23)16-10-9-13-5-4-7-15(13)16/h2-3,6,8,12-13,15-16H,4-5,7,9-11H2,1H3,(H,21,23)/t13-,15-,16-/m0/s1. The number of thiazole rings is 1. The second kappa shape index (κ2) is 7.16. The molecule has 25 heavy (non-hydrogen) atoms. The van der Waals surface area contributed by atoms with Gasteiger partial charge in [-0.1, -0.05) is 25.0 Å². The minimum Gasteiger partial charge on any atom is -0.496 e. The molecule has 132 valence electrons. The average Bonchev–Trinajstić information content (AvgIpc) is 3.36. The number of para-hydroxylation sites is 1. The van der Waals surface area contributed by atoms with Gasteiger partial charge < -0.3 is 10.1 Å². The largest absolute Gasteiger partial charge is 0.496 e. The highest BCUT2D eigenvalue weighted by atomic mass is 32.1. The van der Waals surface area contributed by atoms with Gasteiger partial charge in [-0.05, 0) is 43.2 Å². The van der Waals surface area contributed by atoms with Gasteiger partial charge in [-0.3, -0.25) is 4.79 Å². The van der Waals surface area contributed by atoms with E-state index in [0.29, 0.717) is 12.5 Å². The molecule has 1 aromatic heterocycles. The summed E-state index contributed by atoms with van der Waals surface area (Å²) in [6.45, 7) is 0.569. The number of rotatable bonds is 5. The van der Waals surface area contributed by atoms with E-state index in [4.69, 9.17) is 4.74 Å². The number of carbonyl (C=O) groups is 1. The molecule has 0 aliphatic heterocycles. The fraction of sp³-hybridized carbons (Fsp3) is 0.500. The number of ether oxygens (including phenoxy) is 1. The Morgan fingerprint density at radius 1 is 1.28 bits per heavy atom. The summed E-state index contributed by atoms with van der Waals surface area (Å²) in [5, 5.41) is 4.08. The highest BCUT2D eigenvalue weighted by molar-refractivity contribution is 7.15. The lowest BCUT2D eigenvalue weighted by molar-refractivity contribution is -0.126. The van der Waals surface area contributed by atoms with Crippen molar-refractivity contribution in [1.29, 1.82) is 0 Å². The van der Waals surface area contributed by atoms with Crippen LogP contribution in [-0.2, 0) is 11.3 Å². The Hall–Kier alpha value is -1.88. The molecule has 0 saturated heterocycles. The first-order chi connectivity index (χ1) is 12.3. The van der Waals surface area contributed by atoms with Crippen molar-refractivity contribution in [3.63, 3.8) is 0 Å². The van der Waals surface area contributed by atoms with Crippen LogP contribution in [0.25, 0.3) is 10.6 Å². The minimum absolute atomic E-state index is 0.231. The molecule has 3 atom stereocenters. The van der Waals surface area contributed by atoms with E-state index in [1.807, 2.05) is 30.5 Å². The van der Waals surface area contributed by atoms with Crippen LogP contribution < -0.4 is 10.1 Å². The fourth-order valence-electron chi connectivity index (χ4n) is 4.53. The quantitative estimate of drug-likeness (QED) is 0.871. The Bertz CT molecular complexity index is 758. The Morgan fingerprint density at radius 2 is 2.16 bits per heavy atom. The van der Waals surface area contributed by atoms with Gasteiger partial charge in [-0.25, -0.2) is 4.98 Å². The van der Waals surface area contributed by atoms with E-state index in [-0.39, 0.29) is 11.8 Å². The topological polar surface area (TPSA) is 51.2 Å². The summed E-state index contributed by atoms with van der Waals surface area (Å²) in [7, 11) is 1.67. The van der Waals surface area contributed by atoms with Crippen LogP contribution in [-0.4, -0.2) is 18.0 Å². The zero-order valence-electron chi connectivity index (χ0n) is 14.5. The van der Waals surface area contributed by atoms with Crippen molar-refractivity contribution in [2.45, 2.75) is 38.6 Å². The number of hydrogen-bond acceptors (Lipinski definition) is 4. The number of amides is 1. The SMILES string of the molecule is COc1ccccc1-c1ncc(CNC(=O)[C@H]2CC[C@@H]3CCC[C@@H]32)s1. The Kier molecular flexibility index (Phi) is 4.75. The van der Waals surface area contributed by atoms with Crippen molar-refractivity contribution < 1.29 is 9.53 Å². The van der Waals surface area contributed by atoms with Crippen molar-refractivity contribution in [2.24, 2.45) is 17.8 Å². The molecule has 2 fully saturated rings. The number of nitrogens with one attached hydrogen (secondary N) is 1. The van der Waals surface area contributed by atoms with Crippen LogP contribution >= 0.6 is 11.3 Å². The Labute approximate surface area is 152 Å². The second-order valence-electron chi connectivity index (χ2n) is 7.09. The minimum atomic E-state index is 0.231. The zero-order chi connectivity index (χ0) is 17.2. The number of carbonyl (C=O) groups excluding carboxylic acids is 1. The van der Waals surface area contributed by atoms with E-state index in [1.54, 1.807) is 18.4 Å². The number of methoxy groups -OCH3 is 1. The molecule has 2 aromatic rings. The van der Waals surface area contributed by atoms with Crippen molar-refractivity contribution in [1.82, 2.24) is 10.3 Å². The molecular formula is C20H24N2O2S. The molecule has 0 radical (unpaired) electrons. The second-order valence-corrected chi connectivity index (χ2v) is 8.20. The van der Waals surface area contributed by atoms with E-state index in [0.717, 1.165) is 33.5 Å². The molecular weight excluding hydrogens is 332 g/mol. The number of aromatic nitrogens is 1. The summed E-state index contributed by atoms with van der Waals surface area (Å²) in [5.74, 6) is 2.73. The van der Waals surface area contributed by atoms with Gasteiger partial charge in [0.1, 0.15) is 10.8 Å². The van der Waals surface area contributed by atoms with E-state index >= 15 is 0 Å². The summed E-state index contributed by atoms with van der Waals surface area (Å²) in [6, 6.07) is 7.89. The third kappa shape index (κ3) is 3.30. The Balaban J connectivity index is 1.39. The summed E-state index contributed by atoms with van der Waals surface area (Å²) < 4.78 is 5.41. The average molecular weight is 356 g/mol. The number of benzene rings is 1. The lowest BCUT2D eigenvalue weighted by Gasteiger charge is -2.17. The maximum Gasteiger partial charge on any atom is 0.223 e. The van der Waals surface area contributed by atoms with Gasteiger partial charge >= 0.3 is 0 Å². The van der Waals surface area contributed by atoms with Gasteiger partial charge in [-0.15, -0.1) is 11.3 Å². The maximum absolute atomic E-state index is 12.6. The number of hydrogen-bond donors (Lipinski definition) is 1. The zero-order valence-corrected chi connectivity index (χ0v) is 15.3. The van der Waals surface area contributed by atoms with Crippen LogP contribution in [0.15, 0.2) is 30.5 Å². The van der Waals surface area contributed by atoms with Crippen LogP contribution in [0.4, 0.5) is 0 Å². The van der Waals surface area contributed by atoms with Crippen LogP contribution in [0.1, 0.15) is 37.0 Å². The fourth-order valence-corrected chi connectivity index (χ4v) is 5.41. The lowest BCUT2D eigenvalue weighted by Crippen LogP contribution is -2.32. The van der Waals surface area contributed by atoms with Crippen molar-refractivity contribution >= 4 is 17.2 Å². The lowest BCUT2D eigenvalue weighted by atomic mass is 9.91. The van der Waals surface area contributed by atoms with E-state index in [9.17, 15) is 4.79 Å². The summed E-state index contributed by atoms with van der Waals surface area (Å²) >= 11 is 1.61. The first kappa shape index (κ1) is 16.6. The van der Waals surface area contributed by atoms with Crippen LogP contribution in [0, 0.1) is 17.8 Å². The van der Waals surface area contributed by atoms with Gasteiger partial charge in [-0.2, -0.15) is 0 Å². The molecule has 2 saturated carbocycles. The predicted octanol–water partition coefficient (Wildman–Crippen LogP) is 4.26. The molecule has 4 nitrogen and oxygen atoms in total. The molecule has 2 aliphatic carbocycles. The highest BCUT2D eigenvalue weighted by Crippen LogP contribution is 2.47. The Morgan fingerprint density at radius 3 is 3.04 bits per heavy atom. The van der Waals surface area contributed by atoms with Crippen LogP contribution in [0.5, 0.6) is 5.75 Å². The predicted molar refractivity (Wildman–Crippen MR) is 99.5 cm³/mol. The molecule has 1 amide bonds. The van der Waals surface area contributed by atoms with Gasteiger partial charge in [0.2, 0.25) is 5.91 Å². The molecule has 5 heteroatoms. The molecule has 4 rings (SSSR count). The summed E-state index contributed by atoms with van der Waals surface area (Å²) in [4.78, 5) is 18.2.